The Morgan fingerprint density at radius 2 is 1.84 bits per heavy atom. The van der Waals surface area contributed by atoms with Crippen molar-refractivity contribution in [1.29, 1.82) is 0 Å². The number of fused-ring (bicyclic) bond motifs is 1. The van der Waals surface area contributed by atoms with E-state index < -0.39 is 27.9 Å². The quantitative estimate of drug-likeness (QED) is 0.492. The van der Waals surface area contributed by atoms with Crippen molar-refractivity contribution in [3.8, 4) is 0 Å². The number of rotatable bonds is 4. The van der Waals surface area contributed by atoms with Crippen molar-refractivity contribution < 1.29 is 18.1 Å². The minimum Gasteiger partial charge on any atom is -0.347 e. The topological polar surface area (TPSA) is 79.6 Å². The molecule has 0 atom stereocenters. The fourth-order valence-electron chi connectivity index (χ4n) is 5.44. The second-order valence-electron chi connectivity index (χ2n) is 9.46. The number of likely N-dealkylation sites (tertiary alicyclic amines) is 1. The zero-order valence-corrected chi connectivity index (χ0v) is 18.2. The molecule has 0 bridgehead atoms. The SMILES string of the molecule is O=c1nc(N2CC3(CN(CC4CCCCC4)C3)C2)sc2c([N+](=O)[O-])cc(C(F)(F)F)cc12. The first-order valence-corrected chi connectivity index (χ1v) is 11.6. The highest BCUT2D eigenvalue weighted by molar-refractivity contribution is 7.22. The fourth-order valence-corrected chi connectivity index (χ4v) is 6.50. The molecule has 2 aliphatic heterocycles. The van der Waals surface area contributed by atoms with Gasteiger partial charge in [0.05, 0.1) is 15.9 Å². The fraction of sp³-hybridized carbons (Fsp3) is 0.619. The highest BCUT2D eigenvalue weighted by Gasteiger charge is 2.52. The van der Waals surface area contributed by atoms with Crippen molar-refractivity contribution >= 4 is 32.2 Å². The third-order valence-electron chi connectivity index (χ3n) is 6.90. The summed E-state index contributed by atoms with van der Waals surface area (Å²) in [6, 6.07) is 1.15. The Hall–Kier alpha value is -2.27. The van der Waals surface area contributed by atoms with E-state index in [1.54, 1.807) is 0 Å². The van der Waals surface area contributed by atoms with Crippen molar-refractivity contribution in [2.45, 2.75) is 38.3 Å². The molecule has 0 amide bonds. The van der Waals surface area contributed by atoms with E-state index in [4.69, 9.17) is 0 Å². The van der Waals surface area contributed by atoms with Crippen LogP contribution in [-0.4, -0.2) is 47.5 Å². The molecule has 0 unspecified atom stereocenters. The lowest BCUT2D eigenvalue weighted by Gasteiger charge is -2.61. The standard InChI is InChI=1S/C21H23F3N4O3S/c22-21(23,24)14-6-15-17(16(7-14)28(30)31)32-19(25-18(15)29)27-11-20(12-27)9-26(10-20)8-13-4-2-1-3-5-13/h6-7,13H,1-5,8-12H2. The van der Waals surface area contributed by atoms with Gasteiger partial charge in [-0.25, -0.2) is 0 Å². The van der Waals surface area contributed by atoms with Gasteiger partial charge in [0.2, 0.25) is 0 Å². The average Bonchev–Trinajstić information content (AvgIpc) is 2.68. The number of nitro benzene ring substituents is 1. The summed E-state index contributed by atoms with van der Waals surface area (Å²) in [5.41, 5.74) is -2.63. The predicted molar refractivity (Wildman–Crippen MR) is 115 cm³/mol. The molecule has 1 aromatic heterocycles. The molecule has 1 saturated carbocycles. The lowest BCUT2D eigenvalue weighted by Crippen LogP contribution is -2.72. The highest BCUT2D eigenvalue weighted by atomic mass is 32.1. The molecule has 3 fully saturated rings. The van der Waals surface area contributed by atoms with Crippen LogP contribution >= 0.6 is 11.3 Å². The van der Waals surface area contributed by atoms with Crippen LogP contribution in [0.2, 0.25) is 0 Å². The Morgan fingerprint density at radius 1 is 1.16 bits per heavy atom. The lowest BCUT2D eigenvalue weighted by molar-refractivity contribution is -0.383. The first-order chi connectivity index (χ1) is 15.1. The van der Waals surface area contributed by atoms with E-state index in [0.717, 1.165) is 36.9 Å². The molecule has 2 aromatic rings. The molecule has 3 heterocycles. The average molecular weight is 469 g/mol. The number of benzene rings is 1. The van der Waals surface area contributed by atoms with Gasteiger partial charge in [0, 0.05) is 44.2 Å². The van der Waals surface area contributed by atoms with E-state index in [1.807, 2.05) is 4.90 Å². The van der Waals surface area contributed by atoms with Crippen LogP contribution in [0.15, 0.2) is 16.9 Å². The number of hydrogen-bond donors (Lipinski definition) is 0. The molecule has 1 aromatic carbocycles. The zero-order valence-electron chi connectivity index (χ0n) is 17.4. The van der Waals surface area contributed by atoms with Gasteiger partial charge < -0.3 is 9.80 Å². The van der Waals surface area contributed by atoms with Gasteiger partial charge in [-0.15, -0.1) is 0 Å². The molecule has 3 aliphatic rings. The monoisotopic (exact) mass is 468 g/mol. The number of anilines is 1. The third-order valence-corrected chi connectivity index (χ3v) is 8.06. The maximum absolute atomic E-state index is 13.1. The number of alkyl halides is 3. The molecule has 172 valence electrons. The number of non-ortho nitro benzene ring substituents is 1. The van der Waals surface area contributed by atoms with Gasteiger partial charge in [-0.2, -0.15) is 18.2 Å². The van der Waals surface area contributed by atoms with E-state index in [9.17, 15) is 28.1 Å². The minimum atomic E-state index is -4.79. The van der Waals surface area contributed by atoms with Crippen LogP contribution in [0.1, 0.15) is 37.7 Å². The van der Waals surface area contributed by atoms with Crippen LogP contribution in [0.3, 0.4) is 0 Å². The van der Waals surface area contributed by atoms with Crippen LogP contribution in [0.4, 0.5) is 24.0 Å². The first kappa shape index (κ1) is 21.6. The second kappa shape index (κ2) is 7.65. The molecule has 1 aliphatic carbocycles. The molecule has 11 heteroatoms. The summed E-state index contributed by atoms with van der Waals surface area (Å²) >= 11 is 0.916. The van der Waals surface area contributed by atoms with Crippen LogP contribution in [-0.2, 0) is 6.18 Å². The summed E-state index contributed by atoms with van der Waals surface area (Å²) in [5.74, 6) is 0.784. The Bertz CT molecular complexity index is 1120. The van der Waals surface area contributed by atoms with Gasteiger partial charge in [-0.1, -0.05) is 30.6 Å². The third kappa shape index (κ3) is 3.85. The van der Waals surface area contributed by atoms with Gasteiger partial charge in [-0.05, 0) is 24.8 Å². The van der Waals surface area contributed by atoms with Crippen molar-refractivity contribution in [1.82, 2.24) is 9.88 Å². The van der Waals surface area contributed by atoms with Crippen LogP contribution in [0, 0.1) is 21.4 Å². The maximum atomic E-state index is 13.1. The smallest absolute Gasteiger partial charge is 0.347 e. The van der Waals surface area contributed by atoms with Gasteiger partial charge in [0.1, 0.15) is 4.70 Å². The van der Waals surface area contributed by atoms with Gasteiger partial charge in [-0.3, -0.25) is 14.9 Å². The number of nitrogens with zero attached hydrogens (tertiary/aromatic N) is 4. The van der Waals surface area contributed by atoms with E-state index in [0.29, 0.717) is 30.4 Å². The van der Waals surface area contributed by atoms with Crippen molar-refractivity contribution in [3.05, 3.63) is 38.2 Å². The molecule has 7 nitrogen and oxygen atoms in total. The number of nitro groups is 1. The summed E-state index contributed by atoms with van der Waals surface area (Å²) in [7, 11) is 0. The molecular weight excluding hydrogens is 445 g/mol. The van der Waals surface area contributed by atoms with Crippen molar-refractivity contribution in [2.75, 3.05) is 37.6 Å². The van der Waals surface area contributed by atoms with Crippen LogP contribution in [0.5, 0.6) is 0 Å². The first-order valence-electron chi connectivity index (χ1n) is 10.8. The van der Waals surface area contributed by atoms with E-state index in [-0.39, 0.29) is 15.5 Å². The lowest BCUT2D eigenvalue weighted by atomic mass is 9.72. The zero-order chi connectivity index (χ0) is 22.7. The Morgan fingerprint density at radius 3 is 2.47 bits per heavy atom. The maximum Gasteiger partial charge on any atom is 0.416 e. The van der Waals surface area contributed by atoms with Crippen LogP contribution < -0.4 is 10.5 Å². The summed E-state index contributed by atoms with van der Waals surface area (Å²) in [4.78, 5) is 31.4. The Labute approximate surface area is 186 Å². The number of hydrogen-bond acceptors (Lipinski definition) is 7. The van der Waals surface area contributed by atoms with E-state index >= 15 is 0 Å². The summed E-state index contributed by atoms with van der Waals surface area (Å²) in [5, 5.41) is 11.4. The van der Waals surface area contributed by atoms with Gasteiger partial charge >= 0.3 is 6.18 Å². The molecule has 0 N–H and O–H groups in total. The summed E-state index contributed by atoms with van der Waals surface area (Å²) in [6.07, 6.45) is 1.80. The summed E-state index contributed by atoms with van der Waals surface area (Å²) in [6.45, 7) is 4.54. The van der Waals surface area contributed by atoms with E-state index in [1.165, 1.54) is 32.1 Å². The number of aromatic nitrogens is 1. The molecular formula is C21H23F3N4O3S. The minimum absolute atomic E-state index is 0.0634. The van der Waals surface area contributed by atoms with Gasteiger partial charge in [0.15, 0.2) is 5.13 Å². The molecule has 32 heavy (non-hydrogen) atoms. The van der Waals surface area contributed by atoms with Crippen molar-refractivity contribution in [3.63, 3.8) is 0 Å². The molecule has 5 rings (SSSR count). The Balaban J connectivity index is 1.32. The normalized spacial score (nSPS) is 21.5. The largest absolute Gasteiger partial charge is 0.416 e. The second-order valence-corrected chi connectivity index (χ2v) is 10.4. The summed E-state index contributed by atoms with van der Waals surface area (Å²) < 4.78 is 39.3. The van der Waals surface area contributed by atoms with Gasteiger partial charge in [0.25, 0.3) is 11.2 Å². The van der Waals surface area contributed by atoms with E-state index in [2.05, 4.69) is 9.88 Å². The van der Waals surface area contributed by atoms with Crippen LogP contribution in [0.25, 0.3) is 10.1 Å². The predicted octanol–water partition coefficient (Wildman–Crippen LogP) is 4.29. The molecule has 1 spiro atoms. The van der Waals surface area contributed by atoms with Crippen molar-refractivity contribution in [2.24, 2.45) is 11.3 Å². The molecule has 2 saturated heterocycles. The number of halogens is 3. The Kier molecular flexibility index (Phi) is 5.16. The molecule has 0 radical (unpaired) electrons. The highest BCUT2D eigenvalue weighted by Crippen LogP contribution is 2.45.